The van der Waals surface area contributed by atoms with Crippen molar-refractivity contribution in [2.75, 3.05) is 7.05 Å². The van der Waals surface area contributed by atoms with Crippen LogP contribution >= 0.6 is 0 Å². The number of benzene rings is 2. The molecule has 0 spiro atoms. The van der Waals surface area contributed by atoms with Gasteiger partial charge in [0, 0.05) is 19.6 Å². The molecule has 1 fully saturated rings. The van der Waals surface area contributed by atoms with Crippen LogP contribution in [0.5, 0.6) is 5.75 Å². The van der Waals surface area contributed by atoms with Crippen molar-refractivity contribution in [1.82, 2.24) is 9.80 Å². The molecule has 4 rings (SSSR count). The summed E-state index contributed by atoms with van der Waals surface area (Å²) in [4.78, 5) is 30.7. The maximum atomic E-state index is 13.6. The van der Waals surface area contributed by atoms with Crippen molar-refractivity contribution in [3.63, 3.8) is 0 Å². The third-order valence-corrected chi connectivity index (χ3v) is 6.19. The number of amides is 2. The Labute approximate surface area is 190 Å². The average Bonchev–Trinajstić information content (AvgIpc) is 3.05. The Balaban J connectivity index is 1.70. The molecule has 0 N–H and O–H groups in total. The van der Waals surface area contributed by atoms with Crippen molar-refractivity contribution in [2.24, 2.45) is 0 Å². The molecule has 0 atom stereocenters. The first kappa shape index (κ1) is 22.1. The molecule has 1 aliphatic heterocycles. The largest absolute Gasteiger partial charge is 0.491 e. The van der Waals surface area contributed by atoms with E-state index in [1.165, 1.54) is 11.3 Å². The molecule has 0 saturated heterocycles. The number of likely N-dealkylation sites (N-methyl/N-ethyl adjacent to an activating group) is 1. The van der Waals surface area contributed by atoms with E-state index in [9.17, 15) is 9.59 Å². The zero-order chi connectivity index (χ0) is 22.7. The fraction of sp³-hybridized carbons (Fsp3) is 0.407. The Morgan fingerprint density at radius 2 is 1.59 bits per heavy atom. The highest BCUT2D eigenvalue weighted by Gasteiger charge is 2.44. The third kappa shape index (κ3) is 4.57. The molecule has 1 heterocycles. The van der Waals surface area contributed by atoms with Crippen LogP contribution in [0.1, 0.15) is 57.1 Å². The zero-order valence-corrected chi connectivity index (χ0v) is 19.2. The number of ether oxygens (including phenoxy) is 1. The van der Waals surface area contributed by atoms with Crippen molar-refractivity contribution < 1.29 is 14.3 Å². The van der Waals surface area contributed by atoms with Crippen molar-refractivity contribution in [1.29, 1.82) is 0 Å². The fourth-order valence-electron chi connectivity index (χ4n) is 4.73. The fourth-order valence-corrected chi connectivity index (χ4v) is 4.73. The third-order valence-electron chi connectivity index (χ3n) is 6.19. The smallest absolute Gasteiger partial charge is 0.278 e. The Bertz CT molecular complexity index is 989. The van der Waals surface area contributed by atoms with Crippen molar-refractivity contribution in [2.45, 2.75) is 64.6 Å². The Kier molecular flexibility index (Phi) is 6.63. The summed E-state index contributed by atoms with van der Waals surface area (Å²) >= 11 is 0. The molecule has 5 nitrogen and oxygen atoms in total. The van der Waals surface area contributed by atoms with E-state index in [4.69, 9.17) is 4.74 Å². The van der Waals surface area contributed by atoms with Crippen LogP contribution in [0.4, 0.5) is 0 Å². The van der Waals surface area contributed by atoms with Gasteiger partial charge in [0.15, 0.2) is 0 Å². The van der Waals surface area contributed by atoms with Gasteiger partial charge < -0.3 is 9.64 Å². The summed E-state index contributed by atoms with van der Waals surface area (Å²) in [7, 11) is 1.90. The van der Waals surface area contributed by atoms with E-state index in [0.29, 0.717) is 17.8 Å². The molecular formula is C27H32N2O3. The summed E-state index contributed by atoms with van der Waals surface area (Å²) < 4.78 is 5.76. The lowest BCUT2D eigenvalue weighted by molar-refractivity contribution is -0.140. The highest BCUT2D eigenvalue weighted by Crippen LogP contribution is 2.36. The highest BCUT2D eigenvalue weighted by atomic mass is 16.5. The van der Waals surface area contributed by atoms with Crippen LogP contribution in [-0.4, -0.2) is 40.8 Å². The summed E-state index contributed by atoms with van der Waals surface area (Å²) in [5, 5.41) is 0. The van der Waals surface area contributed by atoms with Crippen LogP contribution in [0.25, 0.3) is 5.57 Å². The topological polar surface area (TPSA) is 49.9 Å². The monoisotopic (exact) mass is 432 g/mol. The maximum Gasteiger partial charge on any atom is 0.278 e. The molecule has 32 heavy (non-hydrogen) atoms. The molecule has 1 aliphatic carbocycles. The van der Waals surface area contributed by atoms with Gasteiger partial charge in [-0.05, 0) is 49.9 Å². The molecule has 0 radical (unpaired) electrons. The van der Waals surface area contributed by atoms with Crippen LogP contribution in [0, 0.1) is 0 Å². The lowest BCUT2D eigenvalue weighted by Crippen LogP contribution is -2.43. The summed E-state index contributed by atoms with van der Waals surface area (Å²) in [6.07, 6.45) is 5.15. The summed E-state index contributed by atoms with van der Waals surface area (Å²) in [6.45, 7) is 4.52. The second kappa shape index (κ2) is 9.60. The average molecular weight is 433 g/mol. The molecule has 1 saturated carbocycles. The molecule has 2 amide bonds. The second-order valence-corrected chi connectivity index (χ2v) is 9.03. The van der Waals surface area contributed by atoms with E-state index in [-0.39, 0.29) is 24.0 Å². The van der Waals surface area contributed by atoms with Gasteiger partial charge in [0.25, 0.3) is 11.8 Å². The van der Waals surface area contributed by atoms with E-state index in [2.05, 4.69) is 0 Å². The summed E-state index contributed by atoms with van der Waals surface area (Å²) in [5.41, 5.74) is 2.84. The standard InChI is InChI=1S/C27H32N2O3/c1-19(2)32-23-16-14-21(15-17-23)24-25(28(3)18-20-10-6-4-7-11-20)27(31)29(26(24)30)22-12-8-5-9-13-22/h4,6-7,10-11,14-17,19,22H,5,8-9,12-13,18H2,1-3H3. The number of carbonyl (C=O) groups is 2. The van der Waals surface area contributed by atoms with Crippen molar-refractivity contribution in [3.05, 3.63) is 71.4 Å². The SMILES string of the molecule is CC(C)Oc1ccc(C2=C(N(C)Cc3ccccc3)C(=O)N(C3CCCCC3)C2=O)cc1. The highest BCUT2D eigenvalue weighted by molar-refractivity contribution is 6.35. The van der Waals surface area contributed by atoms with Gasteiger partial charge in [-0.15, -0.1) is 0 Å². The molecular weight excluding hydrogens is 400 g/mol. The normalized spacial score (nSPS) is 17.4. The lowest BCUT2D eigenvalue weighted by atomic mass is 9.94. The lowest BCUT2D eigenvalue weighted by Gasteiger charge is -2.30. The molecule has 168 valence electrons. The Hall–Kier alpha value is -3.08. The maximum absolute atomic E-state index is 13.6. The quantitative estimate of drug-likeness (QED) is 0.577. The minimum atomic E-state index is -0.172. The van der Waals surface area contributed by atoms with Gasteiger partial charge in [-0.3, -0.25) is 14.5 Å². The van der Waals surface area contributed by atoms with Crippen LogP contribution in [-0.2, 0) is 16.1 Å². The van der Waals surface area contributed by atoms with E-state index >= 15 is 0 Å². The second-order valence-electron chi connectivity index (χ2n) is 9.03. The van der Waals surface area contributed by atoms with Gasteiger partial charge >= 0.3 is 0 Å². The summed E-state index contributed by atoms with van der Waals surface area (Å²) in [6, 6.07) is 17.5. The molecule has 0 aromatic heterocycles. The van der Waals surface area contributed by atoms with Crippen LogP contribution in [0.15, 0.2) is 60.3 Å². The first-order valence-electron chi connectivity index (χ1n) is 11.6. The molecule has 2 aliphatic rings. The molecule has 5 heteroatoms. The van der Waals surface area contributed by atoms with Crippen molar-refractivity contribution >= 4 is 17.4 Å². The van der Waals surface area contributed by atoms with Gasteiger partial charge in [-0.1, -0.05) is 61.7 Å². The van der Waals surface area contributed by atoms with Crippen molar-refractivity contribution in [3.8, 4) is 5.75 Å². The van der Waals surface area contributed by atoms with Gasteiger partial charge in [-0.25, -0.2) is 0 Å². The van der Waals surface area contributed by atoms with E-state index in [1.807, 2.05) is 80.4 Å². The first-order valence-corrected chi connectivity index (χ1v) is 11.6. The van der Waals surface area contributed by atoms with Crippen LogP contribution in [0.3, 0.4) is 0 Å². The molecule has 2 aromatic rings. The van der Waals surface area contributed by atoms with Gasteiger partial charge in [0.05, 0.1) is 11.7 Å². The van der Waals surface area contributed by atoms with E-state index in [0.717, 1.165) is 42.6 Å². The van der Waals surface area contributed by atoms with E-state index < -0.39 is 0 Å². The number of imide groups is 1. The first-order chi connectivity index (χ1) is 15.5. The van der Waals surface area contributed by atoms with Gasteiger partial charge in [0.2, 0.25) is 0 Å². The predicted octanol–water partition coefficient (Wildman–Crippen LogP) is 5.02. The molecule has 0 bridgehead atoms. The number of nitrogens with zero attached hydrogens (tertiary/aromatic N) is 2. The number of rotatable bonds is 7. The van der Waals surface area contributed by atoms with Gasteiger partial charge in [0.1, 0.15) is 11.4 Å². The van der Waals surface area contributed by atoms with Gasteiger partial charge in [-0.2, -0.15) is 0 Å². The van der Waals surface area contributed by atoms with Crippen LogP contribution in [0.2, 0.25) is 0 Å². The zero-order valence-electron chi connectivity index (χ0n) is 19.2. The Morgan fingerprint density at radius 3 is 2.22 bits per heavy atom. The minimum absolute atomic E-state index is 0.00933. The number of hydrogen-bond acceptors (Lipinski definition) is 4. The Morgan fingerprint density at radius 1 is 0.938 bits per heavy atom. The number of hydrogen-bond donors (Lipinski definition) is 0. The molecule has 0 unspecified atom stereocenters. The summed E-state index contributed by atoms with van der Waals surface area (Å²) in [5.74, 6) is 0.414. The van der Waals surface area contributed by atoms with Crippen LogP contribution < -0.4 is 4.74 Å². The van der Waals surface area contributed by atoms with E-state index in [1.54, 1.807) is 0 Å². The molecule has 2 aromatic carbocycles. The number of carbonyl (C=O) groups excluding carboxylic acids is 2. The predicted molar refractivity (Wildman–Crippen MR) is 126 cm³/mol. The minimum Gasteiger partial charge on any atom is -0.491 e.